The number of nitrogens with zero attached hydrogens (tertiary/aromatic N) is 1. The van der Waals surface area contributed by atoms with Crippen LogP contribution < -0.4 is 24.8 Å². The molecule has 0 aliphatic rings. The Labute approximate surface area is 155 Å². The zero-order chi connectivity index (χ0) is 18.9. The van der Waals surface area contributed by atoms with E-state index in [-0.39, 0.29) is 4.75 Å². The second-order valence-corrected chi connectivity index (χ2v) is 7.56. The maximum Gasteiger partial charge on any atom is 0.203 e. The van der Waals surface area contributed by atoms with Gasteiger partial charge in [-0.15, -0.1) is 0 Å². The van der Waals surface area contributed by atoms with Crippen LogP contribution >= 0.6 is 11.8 Å². The van der Waals surface area contributed by atoms with E-state index in [1.165, 1.54) is 0 Å². The van der Waals surface area contributed by atoms with Gasteiger partial charge >= 0.3 is 0 Å². The molecule has 0 fully saturated rings. The van der Waals surface area contributed by atoms with E-state index in [1.807, 2.05) is 23.9 Å². The second-order valence-electron chi connectivity index (χ2n) is 6.05. The molecule has 25 heavy (non-hydrogen) atoms. The predicted octanol–water partition coefficient (Wildman–Crippen LogP) is 2.91. The Kier molecular flexibility index (Phi) is 8.75. The van der Waals surface area contributed by atoms with Crippen LogP contribution in [0.15, 0.2) is 17.1 Å². The lowest BCUT2D eigenvalue weighted by molar-refractivity contribution is 0.324. The summed E-state index contributed by atoms with van der Waals surface area (Å²) in [4.78, 5) is 4.66. The van der Waals surface area contributed by atoms with Crippen molar-refractivity contribution >= 4 is 17.7 Å². The molecule has 0 heterocycles. The third kappa shape index (κ3) is 6.57. The zero-order valence-corrected chi connectivity index (χ0v) is 17.2. The van der Waals surface area contributed by atoms with Crippen molar-refractivity contribution in [3.8, 4) is 17.2 Å². The molecule has 0 amide bonds. The van der Waals surface area contributed by atoms with Crippen molar-refractivity contribution in [3.63, 3.8) is 0 Å². The van der Waals surface area contributed by atoms with Crippen LogP contribution in [0.25, 0.3) is 0 Å². The molecule has 0 radical (unpaired) electrons. The van der Waals surface area contributed by atoms with E-state index in [4.69, 9.17) is 14.2 Å². The highest BCUT2D eigenvalue weighted by molar-refractivity contribution is 7.99. The summed E-state index contributed by atoms with van der Waals surface area (Å²) in [5, 5.41) is 6.66. The quantitative estimate of drug-likeness (QED) is 0.515. The van der Waals surface area contributed by atoms with Crippen LogP contribution in [0.2, 0.25) is 0 Å². The van der Waals surface area contributed by atoms with Gasteiger partial charge in [-0.3, -0.25) is 0 Å². The van der Waals surface area contributed by atoms with E-state index < -0.39 is 0 Å². The molecule has 7 heteroatoms. The summed E-state index contributed by atoms with van der Waals surface area (Å²) in [5.74, 6) is 2.64. The number of nitrogens with one attached hydrogen (secondary N) is 2. The predicted molar refractivity (Wildman–Crippen MR) is 107 cm³/mol. The van der Waals surface area contributed by atoms with Crippen molar-refractivity contribution in [2.75, 3.05) is 40.7 Å². The van der Waals surface area contributed by atoms with Crippen LogP contribution in [0, 0.1) is 0 Å². The Morgan fingerprint density at radius 3 is 2.12 bits per heavy atom. The summed E-state index contributed by atoms with van der Waals surface area (Å²) >= 11 is 1.82. The molecule has 142 valence electrons. The first kappa shape index (κ1) is 21.3. The van der Waals surface area contributed by atoms with Gasteiger partial charge in [-0.2, -0.15) is 11.8 Å². The van der Waals surface area contributed by atoms with E-state index in [2.05, 4.69) is 42.7 Å². The SMILES string of the molecule is CCNC(=NCc1cc(OC)c(OC)c(OC)c1)NCC(C)(C)SC. The largest absolute Gasteiger partial charge is 0.493 e. The summed E-state index contributed by atoms with van der Waals surface area (Å²) in [6.07, 6.45) is 2.11. The minimum atomic E-state index is 0.142. The first-order valence-corrected chi connectivity index (χ1v) is 9.49. The van der Waals surface area contributed by atoms with E-state index >= 15 is 0 Å². The summed E-state index contributed by atoms with van der Waals surface area (Å²) < 4.78 is 16.3. The van der Waals surface area contributed by atoms with Crippen LogP contribution in [0.1, 0.15) is 26.3 Å². The average molecular weight is 370 g/mol. The minimum absolute atomic E-state index is 0.142. The first-order chi connectivity index (χ1) is 11.9. The van der Waals surface area contributed by atoms with E-state index in [0.717, 1.165) is 24.6 Å². The average Bonchev–Trinajstić information content (AvgIpc) is 2.62. The first-order valence-electron chi connectivity index (χ1n) is 8.27. The van der Waals surface area contributed by atoms with Gasteiger partial charge in [0.1, 0.15) is 0 Å². The Morgan fingerprint density at radius 1 is 1.08 bits per heavy atom. The summed E-state index contributed by atoms with van der Waals surface area (Å²) in [6.45, 7) is 8.60. The van der Waals surface area contributed by atoms with E-state index in [1.54, 1.807) is 21.3 Å². The van der Waals surface area contributed by atoms with Gasteiger partial charge in [0.05, 0.1) is 27.9 Å². The van der Waals surface area contributed by atoms with Crippen molar-refractivity contribution in [1.82, 2.24) is 10.6 Å². The number of methoxy groups -OCH3 is 3. The lowest BCUT2D eigenvalue weighted by Gasteiger charge is -2.23. The van der Waals surface area contributed by atoms with Gasteiger partial charge in [-0.25, -0.2) is 4.99 Å². The number of hydrogen-bond acceptors (Lipinski definition) is 5. The highest BCUT2D eigenvalue weighted by atomic mass is 32.2. The van der Waals surface area contributed by atoms with Gasteiger partial charge in [0.15, 0.2) is 17.5 Å². The molecule has 0 saturated carbocycles. The van der Waals surface area contributed by atoms with Crippen molar-refractivity contribution < 1.29 is 14.2 Å². The number of benzene rings is 1. The number of hydrogen-bond donors (Lipinski definition) is 2. The van der Waals surface area contributed by atoms with Crippen LogP contribution in [0.5, 0.6) is 17.2 Å². The Morgan fingerprint density at radius 2 is 1.68 bits per heavy atom. The molecular weight excluding hydrogens is 338 g/mol. The smallest absolute Gasteiger partial charge is 0.203 e. The Bertz CT molecular complexity index is 552. The number of ether oxygens (including phenoxy) is 3. The molecule has 0 aliphatic carbocycles. The lowest BCUT2D eigenvalue weighted by atomic mass is 10.2. The molecule has 1 rings (SSSR count). The highest BCUT2D eigenvalue weighted by Crippen LogP contribution is 2.38. The highest BCUT2D eigenvalue weighted by Gasteiger charge is 2.16. The fraction of sp³-hybridized carbons (Fsp3) is 0.611. The molecule has 0 aliphatic heterocycles. The van der Waals surface area contributed by atoms with Crippen molar-refractivity contribution in [3.05, 3.63) is 17.7 Å². The second kappa shape index (κ2) is 10.3. The van der Waals surface area contributed by atoms with Gasteiger partial charge in [0, 0.05) is 17.8 Å². The van der Waals surface area contributed by atoms with E-state index in [0.29, 0.717) is 23.8 Å². The monoisotopic (exact) mass is 369 g/mol. The number of thioether (sulfide) groups is 1. The maximum atomic E-state index is 5.39. The fourth-order valence-corrected chi connectivity index (χ4v) is 2.32. The summed E-state index contributed by atoms with van der Waals surface area (Å²) in [6, 6.07) is 3.83. The normalized spacial score (nSPS) is 11.9. The molecule has 0 saturated heterocycles. The molecule has 0 spiro atoms. The minimum Gasteiger partial charge on any atom is -0.493 e. The standard InChI is InChI=1S/C18H31N3O3S/c1-8-19-17(21-12-18(2,3)25-7)20-11-13-9-14(22-4)16(24-6)15(10-13)23-5/h9-10H,8,11-12H2,1-7H3,(H2,19,20,21). The van der Waals surface area contributed by atoms with Gasteiger partial charge in [0.2, 0.25) is 5.75 Å². The molecular formula is C18H31N3O3S. The maximum absolute atomic E-state index is 5.39. The number of aliphatic imine (C=N–C) groups is 1. The van der Waals surface area contributed by atoms with Crippen molar-refractivity contribution in [2.45, 2.75) is 32.1 Å². The fourth-order valence-electron chi connectivity index (χ4n) is 2.11. The zero-order valence-electron chi connectivity index (χ0n) is 16.4. The van der Waals surface area contributed by atoms with Gasteiger partial charge in [-0.1, -0.05) is 0 Å². The molecule has 0 unspecified atom stereocenters. The van der Waals surface area contributed by atoms with Crippen LogP contribution in [0.4, 0.5) is 0 Å². The van der Waals surface area contributed by atoms with Crippen molar-refractivity contribution in [1.29, 1.82) is 0 Å². The van der Waals surface area contributed by atoms with Crippen LogP contribution in [-0.2, 0) is 6.54 Å². The van der Waals surface area contributed by atoms with Gasteiger partial charge < -0.3 is 24.8 Å². The third-order valence-electron chi connectivity index (χ3n) is 3.72. The Balaban J connectivity index is 2.95. The van der Waals surface area contributed by atoms with E-state index in [9.17, 15) is 0 Å². The number of guanidine groups is 1. The molecule has 1 aromatic rings. The topological polar surface area (TPSA) is 64.1 Å². The molecule has 6 nitrogen and oxygen atoms in total. The summed E-state index contributed by atoms with van der Waals surface area (Å²) in [7, 11) is 4.82. The summed E-state index contributed by atoms with van der Waals surface area (Å²) in [5.41, 5.74) is 0.982. The van der Waals surface area contributed by atoms with Crippen molar-refractivity contribution in [2.24, 2.45) is 4.99 Å². The molecule has 0 aromatic heterocycles. The third-order valence-corrected chi connectivity index (χ3v) is 4.97. The van der Waals surface area contributed by atoms with Gasteiger partial charge in [-0.05, 0) is 44.7 Å². The molecule has 1 aromatic carbocycles. The number of rotatable bonds is 9. The van der Waals surface area contributed by atoms with Gasteiger partial charge in [0.25, 0.3) is 0 Å². The van der Waals surface area contributed by atoms with Crippen LogP contribution in [-0.4, -0.2) is 51.4 Å². The van der Waals surface area contributed by atoms with Crippen LogP contribution in [0.3, 0.4) is 0 Å². The molecule has 2 N–H and O–H groups in total. The Hall–Kier alpha value is -1.76. The molecule has 0 atom stereocenters. The molecule has 0 bridgehead atoms. The lowest BCUT2D eigenvalue weighted by Crippen LogP contribution is -2.43.